The van der Waals surface area contributed by atoms with Crippen molar-refractivity contribution in [3.8, 4) is 6.07 Å². The van der Waals surface area contributed by atoms with Crippen molar-refractivity contribution in [1.82, 2.24) is 14.0 Å². The summed E-state index contributed by atoms with van der Waals surface area (Å²) in [5.74, 6) is -0.266. The molecule has 0 aliphatic carbocycles. The van der Waals surface area contributed by atoms with E-state index >= 15 is 0 Å². The second kappa shape index (κ2) is 7.82. The molecule has 1 amide bonds. The number of nitriles is 1. The minimum absolute atomic E-state index is 0.0142. The van der Waals surface area contributed by atoms with Gasteiger partial charge in [-0.3, -0.25) is 14.2 Å². The molecule has 0 radical (unpaired) electrons. The number of amides is 1. The van der Waals surface area contributed by atoms with Gasteiger partial charge in [-0.2, -0.15) is 5.26 Å². The number of carbonyl (C=O) groups is 1. The van der Waals surface area contributed by atoms with Crippen LogP contribution in [0.4, 0.5) is 5.69 Å². The summed E-state index contributed by atoms with van der Waals surface area (Å²) in [5, 5.41) is 9.38. The van der Waals surface area contributed by atoms with Crippen molar-refractivity contribution in [3.63, 3.8) is 0 Å². The SMILES string of the molecule is Cc1cccc(N2CCN(C(=O)Cn3c(=O)c(C#N)c4n(c3=O)CCC4)CC2)c1C. The molecule has 8 nitrogen and oxygen atoms in total. The molecular weight excluding hydrogens is 382 g/mol. The number of benzene rings is 1. The van der Waals surface area contributed by atoms with E-state index in [-0.39, 0.29) is 18.0 Å². The zero-order valence-electron chi connectivity index (χ0n) is 17.3. The monoisotopic (exact) mass is 407 g/mol. The molecular formula is C22H25N5O3. The summed E-state index contributed by atoms with van der Waals surface area (Å²) in [5.41, 5.74) is 2.98. The van der Waals surface area contributed by atoms with Gasteiger partial charge in [-0.15, -0.1) is 0 Å². The average Bonchev–Trinajstić information content (AvgIpc) is 3.23. The normalized spacial score (nSPS) is 15.8. The number of hydrogen-bond acceptors (Lipinski definition) is 5. The molecule has 0 saturated carbocycles. The first-order valence-corrected chi connectivity index (χ1v) is 10.3. The van der Waals surface area contributed by atoms with Crippen LogP contribution in [0.1, 0.15) is 28.8 Å². The minimum Gasteiger partial charge on any atom is -0.368 e. The van der Waals surface area contributed by atoms with Crippen LogP contribution in [0.3, 0.4) is 0 Å². The fourth-order valence-corrected chi connectivity index (χ4v) is 4.40. The fourth-order valence-electron chi connectivity index (χ4n) is 4.40. The Morgan fingerprint density at radius 3 is 2.53 bits per heavy atom. The van der Waals surface area contributed by atoms with Gasteiger partial charge in [0.05, 0.1) is 0 Å². The van der Waals surface area contributed by atoms with Gasteiger partial charge in [-0.05, 0) is 43.9 Å². The lowest BCUT2D eigenvalue weighted by Gasteiger charge is -2.37. The van der Waals surface area contributed by atoms with Crippen LogP contribution in [0.5, 0.6) is 0 Å². The topological polar surface area (TPSA) is 91.3 Å². The number of rotatable bonds is 3. The fraction of sp³-hybridized carbons (Fsp3) is 0.455. The second-order valence-electron chi connectivity index (χ2n) is 7.95. The van der Waals surface area contributed by atoms with E-state index < -0.39 is 11.2 Å². The van der Waals surface area contributed by atoms with Gasteiger partial charge in [0.2, 0.25) is 5.91 Å². The van der Waals surface area contributed by atoms with E-state index in [0.29, 0.717) is 44.8 Å². The summed E-state index contributed by atoms with van der Waals surface area (Å²) >= 11 is 0. The molecule has 2 aliphatic heterocycles. The van der Waals surface area contributed by atoms with Crippen LogP contribution in [-0.4, -0.2) is 46.1 Å². The highest BCUT2D eigenvalue weighted by Crippen LogP contribution is 2.24. The van der Waals surface area contributed by atoms with E-state index in [4.69, 9.17) is 0 Å². The largest absolute Gasteiger partial charge is 0.368 e. The van der Waals surface area contributed by atoms with Crippen LogP contribution in [-0.2, 0) is 24.3 Å². The Bertz CT molecular complexity index is 1160. The maximum Gasteiger partial charge on any atom is 0.331 e. The summed E-state index contributed by atoms with van der Waals surface area (Å²) < 4.78 is 2.39. The molecule has 1 saturated heterocycles. The first kappa shape index (κ1) is 20.0. The molecule has 0 spiro atoms. The Morgan fingerprint density at radius 2 is 1.83 bits per heavy atom. The maximum atomic E-state index is 12.9. The number of carbonyl (C=O) groups excluding carboxylic acids is 1. The van der Waals surface area contributed by atoms with Gasteiger partial charge in [0.1, 0.15) is 18.2 Å². The Hall–Kier alpha value is -3.34. The van der Waals surface area contributed by atoms with Crippen molar-refractivity contribution < 1.29 is 4.79 Å². The van der Waals surface area contributed by atoms with Crippen molar-refractivity contribution in [2.75, 3.05) is 31.1 Å². The number of anilines is 1. The molecule has 8 heteroatoms. The zero-order chi connectivity index (χ0) is 21.4. The van der Waals surface area contributed by atoms with Gasteiger partial charge in [-0.25, -0.2) is 9.36 Å². The third-order valence-electron chi connectivity index (χ3n) is 6.28. The highest BCUT2D eigenvalue weighted by atomic mass is 16.2. The van der Waals surface area contributed by atoms with Gasteiger partial charge in [0, 0.05) is 44.1 Å². The maximum absolute atomic E-state index is 12.9. The van der Waals surface area contributed by atoms with E-state index in [2.05, 4.69) is 30.9 Å². The average molecular weight is 407 g/mol. The molecule has 3 heterocycles. The molecule has 4 rings (SSSR count). The van der Waals surface area contributed by atoms with Crippen LogP contribution < -0.4 is 16.1 Å². The summed E-state index contributed by atoms with van der Waals surface area (Å²) in [6.45, 7) is 6.78. The van der Waals surface area contributed by atoms with Gasteiger partial charge in [0.25, 0.3) is 5.56 Å². The Morgan fingerprint density at radius 1 is 1.10 bits per heavy atom. The number of aromatic nitrogens is 2. The van der Waals surface area contributed by atoms with Crippen molar-refractivity contribution in [1.29, 1.82) is 5.26 Å². The number of hydrogen-bond donors (Lipinski definition) is 0. The molecule has 0 atom stereocenters. The molecule has 1 aromatic carbocycles. The van der Waals surface area contributed by atoms with Crippen LogP contribution >= 0.6 is 0 Å². The Kier molecular flexibility index (Phi) is 5.20. The molecule has 1 aromatic heterocycles. The lowest BCUT2D eigenvalue weighted by Crippen LogP contribution is -2.52. The summed E-state index contributed by atoms with van der Waals surface area (Å²) in [7, 11) is 0. The van der Waals surface area contributed by atoms with E-state index in [0.717, 1.165) is 11.0 Å². The van der Waals surface area contributed by atoms with Gasteiger partial charge in [0.15, 0.2) is 0 Å². The number of piperazine rings is 1. The molecule has 156 valence electrons. The number of aryl methyl sites for hydroxylation is 1. The van der Waals surface area contributed by atoms with Crippen LogP contribution in [0.25, 0.3) is 0 Å². The van der Waals surface area contributed by atoms with E-state index in [1.807, 2.05) is 12.1 Å². The smallest absolute Gasteiger partial charge is 0.331 e. The predicted octanol–water partition coefficient (Wildman–Crippen LogP) is 0.794. The van der Waals surface area contributed by atoms with Gasteiger partial charge < -0.3 is 9.80 Å². The Balaban J connectivity index is 1.50. The third kappa shape index (κ3) is 3.30. The van der Waals surface area contributed by atoms with Crippen molar-refractivity contribution in [2.24, 2.45) is 0 Å². The summed E-state index contributed by atoms with van der Waals surface area (Å²) in [4.78, 5) is 42.2. The molecule has 0 N–H and O–H groups in total. The summed E-state index contributed by atoms with van der Waals surface area (Å²) in [6, 6.07) is 8.14. The van der Waals surface area contributed by atoms with Gasteiger partial charge >= 0.3 is 5.69 Å². The quantitative estimate of drug-likeness (QED) is 0.750. The van der Waals surface area contributed by atoms with E-state index in [9.17, 15) is 19.6 Å². The zero-order valence-corrected chi connectivity index (χ0v) is 17.3. The molecule has 2 aromatic rings. The predicted molar refractivity (Wildman–Crippen MR) is 113 cm³/mol. The highest BCUT2D eigenvalue weighted by Gasteiger charge is 2.26. The first-order chi connectivity index (χ1) is 14.4. The van der Waals surface area contributed by atoms with Gasteiger partial charge in [-0.1, -0.05) is 12.1 Å². The van der Waals surface area contributed by atoms with Crippen LogP contribution in [0, 0.1) is 25.2 Å². The van der Waals surface area contributed by atoms with Crippen LogP contribution in [0.15, 0.2) is 27.8 Å². The summed E-state index contributed by atoms with van der Waals surface area (Å²) in [6.07, 6.45) is 1.27. The molecule has 0 bridgehead atoms. The highest BCUT2D eigenvalue weighted by molar-refractivity contribution is 5.76. The minimum atomic E-state index is -0.655. The molecule has 2 aliphatic rings. The van der Waals surface area contributed by atoms with Crippen molar-refractivity contribution in [3.05, 3.63) is 61.4 Å². The Labute approximate surface area is 174 Å². The van der Waals surface area contributed by atoms with E-state index in [1.165, 1.54) is 21.4 Å². The number of nitrogens with zero attached hydrogens (tertiary/aromatic N) is 5. The standard InChI is InChI=1S/C22H25N5O3/c1-15-5-3-6-18(16(15)2)24-9-11-25(12-10-24)20(28)14-27-21(29)17(13-23)19-7-4-8-26(19)22(27)30/h3,5-6H,4,7-12,14H2,1-2H3. The van der Waals surface area contributed by atoms with E-state index in [1.54, 1.807) is 4.90 Å². The lowest BCUT2D eigenvalue weighted by atomic mass is 10.1. The third-order valence-corrected chi connectivity index (χ3v) is 6.28. The lowest BCUT2D eigenvalue weighted by molar-refractivity contribution is -0.132. The molecule has 30 heavy (non-hydrogen) atoms. The van der Waals surface area contributed by atoms with Crippen LogP contribution in [0.2, 0.25) is 0 Å². The first-order valence-electron chi connectivity index (χ1n) is 10.3. The molecule has 1 fully saturated rings. The second-order valence-corrected chi connectivity index (χ2v) is 7.95. The van der Waals surface area contributed by atoms with Crippen molar-refractivity contribution >= 4 is 11.6 Å². The molecule has 0 unspecified atom stereocenters. The van der Waals surface area contributed by atoms with Crippen molar-refractivity contribution in [2.45, 2.75) is 39.8 Å². The number of fused-ring (bicyclic) bond motifs is 1.